The third-order valence-electron chi connectivity index (χ3n) is 5.10. The molecule has 144 valence electrons. The summed E-state index contributed by atoms with van der Waals surface area (Å²) in [6, 6.07) is 14.6. The maximum absolute atomic E-state index is 14.5. The van der Waals surface area contributed by atoms with E-state index in [1.807, 2.05) is 42.2 Å². The van der Waals surface area contributed by atoms with Crippen LogP contribution in [0.15, 0.2) is 54.7 Å². The van der Waals surface area contributed by atoms with Crippen molar-refractivity contribution in [3.8, 4) is 5.69 Å². The Morgan fingerprint density at radius 3 is 2.57 bits per heavy atom. The zero-order valence-corrected chi connectivity index (χ0v) is 15.9. The van der Waals surface area contributed by atoms with Crippen molar-refractivity contribution in [1.82, 2.24) is 9.78 Å². The van der Waals surface area contributed by atoms with E-state index in [1.165, 1.54) is 6.07 Å². The van der Waals surface area contributed by atoms with Crippen LogP contribution in [0.25, 0.3) is 5.69 Å². The molecule has 0 bridgehead atoms. The summed E-state index contributed by atoms with van der Waals surface area (Å²) < 4.78 is 16.3. The highest BCUT2D eigenvalue weighted by Crippen LogP contribution is 2.26. The predicted octanol–water partition coefficient (Wildman–Crippen LogP) is 4.43. The Bertz CT molecular complexity index is 977. The van der Waals surface area contributed by atoms with E-state index in [0.717, 1.165) is 37.3 Å². The van der Waals surface area contributed by atoms with Gasteiger partial charge in [0.1, 0.15) is 5.82 Å². The second kappa shape index (κ2) is 7.84. The molecule has 3 aromatic rings. The van der Waals surface area contributed by atoms with Gasteiger partial charge in [-0.3, -0.25) is 4.79 Å². The molecule has 1 saturated heterocycles. The molecule has 2 aromatic carbocycles. The predicted molar refractivity (Wildman–Crippen MR) is 109 cm³/mol. The Kier molecular flexibility index (Phi) is 5.10. The normalized spacial score (nSPS) is 13.7. The van der Waals surface area contributed by atoms with Crippen molar-refractivity contribution < 1.29 is 9.18 Å². The molecule has 0 atom stereocenters. The first-order valence-corrected chi connectivity index (χ1v) is 9.65. The van der Waals surface area contributed by atoms with E-state index in [0.29, 0.717) is 23.4 Å². The molecule has 6 heteroatoms. The fourth-order valence-electron chi connectivity index (χ4n) is 3.69. The average molecular weight is 378 g/mol. The summed E-state index contributed by atoms with van der Waals surface area (Å²) in [6.07, 6.45) is 4.39. The molecule has 0 radical (unpaired) electrons. The number of para-hydroxylation sites is 1. The summed E-state index contributed by atoms with van der Waals surface area (Å²) in [5.41, 5.74) is 3.26. The summed E-state index contributed by atoms with van der Waals surface area (Å²) in [4.78, 5) is 14.8. The van der Waals surface area contributed by atoms with Crippen LogP contribution < -0.4 is 10.2 Å². The first-order valence-electron chi connectivity index (χ1n) is 9.65. The summed E-state index contributed by atoms with van der Waals surface area (Å²) >= 11 is 0. The molecule has 0 spiro atoms. The van der Waals surface area contributed by atoms with Gasteiger partial charge in [-0.25, -0.2) is 9.07 Å². The van der Waals surface area contributed by atoms with Crippen molar-refractivity contribution in [2.45, 2.75) is 26.2 Å². The number of nitrogens with one attached hydrogen (secondary N) is 1. The van der Waals surface area contributed by atoms with Gasteiger partial charge in [-0.15, -0.1) is 0 Å². The van der Waals surface area contributed by atoms with E-state index < -0.39 is 0 Å². The van der Waals surface area contributed by atoms with Crippen LogP contribution in [0, 0.1) is 5.82 Å². The van der Waals surface area contributed by atoms with E-state index in [2.05, 4.69) is 10.4 Å². The fourth-order valence-corrected chi connectivity index (χ4v) is 3.69. The Morgan fingerprint density at radius 1 is 1.14 bits per heavy atom. The van der Waals surface area contributed by atoms with Crippen LogP contribution in [0.5, 0.6) is 0 Å². The number of anilines is 2. The van der Waals surface area contributed by atoms with E-state index in [4.69, 9.17) is 0 Å². The summed E-state index contributed by atoms with van der Waals surface area (Å²) in [5, 5.41) is 7.18. The number of hydrogen-bond acceptors (Lipinski definition) is 3. The van der Waals surface area contributed by atoms with Gasteiger partial charge in [0.05, 0.1) is 28.8 Å². The molecule has 1 aromatic heterocycles. The minimum absolute atomic E-state index is 0.285. The van der Waals surface area contributed by atoms with Gasteiger partial charge in [-0.05, 0) is 49.6 Å². The third-order valence-corrected chi connectivity index (χ3v) is 5.10. The highest BCUT2D eigenvalue weighted by molar-refractivity contribution is 6.05. The monoisotopic (exact) mass is 378 g/mol. The van der Waals surface area contributed by atoms with E-state index in [9.17, 15) is 9.18 Å². The number of carbonyl (C=O) groups excluding carboxylic acids is 1. The summed E-state index contributed by atoms with van der Waals surface area (Å²) in [7, 11) is 0. The number of amides is 1. The van der Waals surface area contributed by atoms with E-state index in [1.54, 1.807) is 23.0 Å². The van der Waals surface area contributed by atoms with Crippen LogP contribution in [-0.2, 0) is 6.42 Å². The number of hydrogen-bond donors (Lipinski definition) is 1. The lowest BCUT2D eigenvalue weighted by Gasteiger charge is -2.18. The minimum Gasteiger partial charge on any atom is -0.369 e. The number of aromatic nitrogens is 2. The quantitative estimate of drug-likeness (QED) is 0.715. The van der Waals surface area contributed by atoms with Gasteiger partial charge in [0.15, 0.2) is 0 Å². The molecular weight excluding hydrogens is 355 g/mol. The van der Waals surface area contributed by atoms with E-state index in [-0.39, 0.29) is 11.7 Å². The number of rotatable bonds is 5. The molecule has 2 heterocycles. The van der Waals surface area contributed by atoms with Crippen LogP contribution in [-0.4, -0.2) is 28.8 Å². The second-order valence-electron chi connectivity index (χ2n) is 6.92. The summed E-state index contributed by atoms with van der Waals surface area (Å²) in [6.45, 7) is 3.74. The lowest BCUT2D eigenvalue weighted by atomic mass is 10.1. The average Bonchev–Trinajstić information content (AvgIpc) is 3.38. The van der Waals surface area contributed by atoms with Gasteiger partial charge < -0.3 is 10.2 Å². The van der Waals surface area contributed by atoms with Crippen molar-refractivity contribution in [1.29, 1.82) is 0 Å². The zero-order valence-electron chi connectivity index (χ0n) is 15.9. The fraction of sp³-hybridized carbons (Fsp3) is 0.273. The molecule has 0 saturated carbocycles. The molecule has 1 aliphatic rings. The molecule has 1 fully saturated rings. The molecule has 0 unspecified atom stereocenters. The second-order valence-corrected chi connectivity index (χ2v) is 6.92. The topological polar surface area (TPSA) is 50.2 Å². The van der Waals surface area contributed by atoms with Gasteiger partial charge in [-0.2, -0.15) is 5.10 Å². The SMILES string of the molecule is CCc1c(C(=O)Nc2ccc(N3CCCC3)c(F)c2)cnn1-c1ccccc1. The van der Waals surface area contributed by atoms with Gasteiger partial charge in [0, 0.05) is 18.8 Å². The summed E-state index contributed by atoms with van der Waals surface area (Å²) in [5.74, 6) is -0.595. The van der Waals surface area contributed by atoms with Crippen molar-refractivity contribution in [2.75, 3.05) is 23.3 Å². The van der Waals surface area contributed by atoms with Crippen molar-refractivity contribution in [2.24, 2.45) is 0 Å². The molecule has 1 N–H and O–H groups in total. The maximum Gasteiger partial charge on any atom is 0.259 e. The van der Waals surface area contributed by atoms with Gasteiger partial charge in [0.2, 0.25) is 0 Å². The number of carbonyl (C=O) groups is 1. The molecule has 1 amide bonds. The van der Waals surface area contributed by atoms with Crippen LogP contribution >= 0.6 is 0 Å². The Balaban J connectivity index is 1.56. The lowest BCUT2D eigenvalue weighted by Crippen LogP contribution is -2.19. The van der Waals surface area contributed by atoms with Gasteiger partial charge >= 0.3 is 0 Å². The Labute approximate surface area is 163 Å². The molecular formula is C22H23FN4O. The van der Waals surface area contributed by atoms with Gasteiger partial charge in [0.25, 0.3) is 5.91 Å². The molecule has 0 aliphatic carbocycles. The molecule has 1 aliphatic heterocycles. The largest absolute Gasteiger partial charge is 0.369 e. The van der Waals surface area contributed by atoms with Crippen molar-refractivity contribution >= 4 is 17.3 Å². The maximum atomic E-state index is 14.5. The van der Waals surface area contributed by atoms with Crippen LogP contribution in [0.4, 0.5) is 15.8 Å². The zero-order chi connectivity index (χ0) is 19.5. The molecule has 4 rings (SSSR count). The number of halogens is 1. The van der Waals surface area contributed by atoms with Gasteiger partial charge in [-0.1, -0.05) is 25.1 Å². The molecule has 5 nitrogen and oxygen atoms in total. The third kappa shape index (κ3) is 3.50. The van der Waals surface area contributed by atoms with Crippen molar-refractivity contribution in [3.05, 3.63) is 71.8 Å². The minimum atomic E-state index is -0.310. The smallest absolute Gasteiger partial charge is 0.259 e. The Morgan fingerprint density at radius 2 is 1.89 bits per heavy atom. The highest BCUT2D eigenvalue weighted by atomic mass is 19.1. The standard InChI is InChI=1S/C22H23FN4O/c1-2-20-18(15-24-27(20)17-8-4-3-5-9-17)22(28)25-16-10-11-21(19(23)14-16)26-12-6-7-13-26/h3-5,8-11,14-15H,2,6-7,12-13H2,1H3,(H,25,28). The van der Waals surface area contributed by atoms with Crippen LogP contribution in [0.1, 0.15) is 35.8 Å². The first kappa shape index (κ1) is 18.2. The number of nitrogens with zero attached hydrogens (tertiary/aromatic N) is 3. The molecule has 28 heavy (non-hydrogen) atoms. The number of benzene rings is 2. The van der Waals surface area contributed by atoms with Crippen molar-refractivity contribution in [3.63, 3.8) is 0 Å². The lowest BCUT2D eigenvalue weighted by molar-refractivity contribution is 0.102. The van der Waals surface area contributed by atoms with E-state index >= 15 is 0 Å². The highest BCUT2D eigenvalue weighted by Gasteiger charge is 2.19. The first-order chi connectivity index (χ1) is 13.7. The van der Waals surface area contributed by atoms with Crippen LogP contribution in [0.2, 0.25) is 0 Å². The Hall–Kier alpha value is -3.15. The van der Waals surface area contributed by atoms with Crippen LogP contribution in [0.3, 0.4) is 0 Å².